The number of nitrogens with one attached hydrogen (secondary N) is 1. The van der Waals surface area contributed by atoms with Gasteiger partial charge in [0.05, 0.1) is 5.92 Å². The fraction of sp³-hybridized carbons (Fsp3) is 0.211. The largest absolute Gasteiger partial charge is 0.353 e. The fourth-order valence-corrected chi connectivity index (χ4v) is 3.46. The van der Waals surface area contributed by atoms with Gasteiger partial charge in [-0.2, -0.15) is 0 Å². The maximum atomic E-state index is 12.7. The van der Waals surface area contributed by atoms with Gasteiger partial charge >= 0.3 is 0 Å². The lowest BCUT2D eigenvalue weighted by atomic mass is 9.98. The predicted octanol–water partition coefficient (Wildman–Crippen LogP) is 1.99. The highest BCUT2D eigenvalue weighted by molar-refractivity contribution is 6.03. The number of amides is 1. The number of aromatic nitrogens is 5. The summed E-state index contributed by atoms with van der Waals surface area (Å²) >= 11 is 0. The van der Waals surface area contributed by atoms with Gasteiger partial charge in [-0.25, -0.2) is 14.6 Å². The number of hydrogen-bond donors (Lipinski definition) is 1. The Labute approximate surface area is 154 Å². The molecule has 8 heteroatoms. The molecule has 1 saturated heterocycles. The molecule has 1 aliphatic heterocycles. The third kappa shape index (κ3) is 2.57. The van der Waals surface area contributed by atoms with Crippen molar-refractivity contribution >= 4 is 39.3 Å². The number of carbonyl (C=O) groups is 1. The van der Waals surface area contributed by atoms with Gasteiger partial charge in [-0.15, -0.1) is 5.10 Å². The fourth-order valence-electron chi connectivity index (χ4n) is 3.46. The molecule has 1 N–H and O–H groups in total. The SMILES string of the molecule is Cn1nnc2c(N3CC(C(=O)Nc4cccc5ccccc45)C3)ncnc21. The molecule has 0 bridgehead atoms. The van der Waals surface area contributed by atoms with Gasteiger partial charge in [0.15, 0.2) is 17.0 Å². The molecular formula is C19H17N7O. The first-order valence-corrected chi connectivity index (χ1v) is 8.74. The van der Waals surface area contributed by atoms with Crippen LogP contribution in [-0.4, -0.2) is 44.0 Å². The summed E-state index contributed by atoms with van der Waals surface area (Å²) in [5.41, 5.74) is 2.19. The second kappa shape index (κ2) is 6.01. The molecule has 0 aliphatic carbocycles. The van der Waals surface area contributed by atoms with Crippen molar-refractivity contribution in [2.75, 3.05) is 23.3 Å². The Hall–Kier alpha value is -3.55. The number of rotatable bonds is 3. The zero-order chi connectivity index (χ0) is 18.4. The molecule has 5 rings (SSSR count). The first-order valence-electron chi connectivity index (χ1n) is 8.74. The van der Waals surface area contributed by atoms with E-state index in [-0.39, 0.29) is 11.8 Å². The Balaban J connectivity index is 1.32. The minimum atomic E-state index is -0.0920. The van der Waals surface area contributed by atoms with Crippen molar-refractivity contribution in [3.8, 4) is 0 Å². The average molecular weight is 359 g/mol. The molecule has 8 nitrogen and oxygen atoms in total. The van der Waals surface area contributed by atoms with E-state index in [9.17, 15) is 4.79 Å². The first-order chi connectivity index (χ1) is 13.2. The molecule has 3 heterocycles. The predicted molar refractivity (Wildman–Crippen MR) is 102 cm³/mol. The molecular weight excluding hydrogens is 342 g/mol. The Morgan fingerprint density at radius 2 is 1.93 bits per heavy atom. The van der Waals surface area contributed by atoms with E-state index < -0.39 is 0 Å². The number of fused-ring (bicyclic) bond motifs is 2. The second-order valence-corrected chi connectivity index (χ2v) is 6.70. The summed E-state index contributed by atoms with van der Waals surface area (Å²) in [6, 6.07) is 14.0. The summed E-state index contributed by atoms with van der Waals surface area (Å²) in [5, 5.41) is 13.4. The normalized spacial score (nSPS) is 14.5. The molecule has 0 atom stereocenters. The molecule has 0 unspecified atom stereocenters. The van der Waals surface area contributed by atoms with Gasteiger partial charge in [-0.3, -0.25) is 4.79 Å². The van der Waals surface area contributed by atoms with Crippen molar-refractivity contribution < 1.29 is 4.79 Å². The Bertz CT molecular complexity index is 1160. The Morgan fingerprint density at radius 3 is 2.81 bits per heavy atom. The molecule has 0 spiro atoms. The minimum absolute atomic E-state index is 0.0204. The molecule has 4 aromatic rings. The van der Waals surface area contributed by atoms with Crippen LogP contribution in [0.2, 0.25) is 0 Å². The summed E-state index contributed by atoms with van der Waals surface area (Å²) in [4.78, 5) is 23.2. The number of nitrogens with zero attached hydrogens (tertiary/aromatic N) is 6. The van der Waals surface area contributed by atoms with Crippen LogP contribution >= 0.6 is 0 Å². The lowest BCUT2D eigenvalue weighted by Crippen LogP contribution is -2.52. The molecule has 0 radical (unpaired) electrons. The van der Waals surface area contributed by atoms with Gasteiger partial charge in [0.1, 0.15) is 6.33 Å². The molecule has 1 aliphatic rings. The maximum absolute atomic E-state index is 12.7. The van der Waals surface area contributed by atoms with E-state index in [4.69, 9.17) is 0 Å². The molecule has 27 heavy (non-hydrogen) atoms. The van der Waals surface area contributed by atoms with Crippen LogP contribution in [0.1, 0.15) is 0 Å². The highest BCUT2D eigenvalue weighted by Gasteiger charge is 2.35. The lowest BCUT2D eigenvalue weighted by molar-refractivity contribution is -0.120. The van der Waals surface area contributed by atoms with Gasteiger partial charge in [0.25, 0.3) is 0 Å². The highest BCUT2D eigenvalue weighted by atomic mass is 16.2. The number of hydrogen-bond acceptors (Lipinski definition) is 6. The maximum Gasteiger partial charge on any atom is 0.231 e. The Kier molecular flexibility index (Phi) is 3.49. The van der Waals surface area contributed by atoms with E-state index >= 15 is 0 Å². The molecule has 1 fully saturated rings. The Morgan fingerprint density at radius 1 is 1.11 bits per heavy atom. The van der Waals surface area contributed by atoms with Crippen LogP contribution < -0.4 is 10.2 Å². The zero-order valence-electron chi connectivity index (χ0n) is 14.7. The van der Waals surface area contributed by atoms with E-state index in [0.29, 0.717) is 24.3 Å². The topological polar surface area (TPSA) is 88.8 Å². The third-order valence-electron chi connectivity index (χ3n) is 4.97. The smallest absolute Gasteiger partial charge is 0.231 e. The standard InChI is InChI=1S/C19H17N7O/c1-25-17-16(23-24-25)18(21-11-20-17)26-9-13(10-26)19(27)22-15-8-4-6-12-5-2-3-7-14(12)15/h2-8,11,13H,9-10H2,1H3,(H,22,27). The van der Waals surface area contributed by atoms with Gasteiger partial charge < -0.3 is 10.2 Å². The van der Waals surface area contributed by atoms with Crippen molar-refractivity contribution in [2.24, 2.45) is 13.0 Å². The minimum Gasteiger partial charge on any atom is -0.353 e. The summed E-state index contributed by atoms with van der Waals surface area (Å²) in [5.74, 6) is 0.653. The molecule has 2 aromatic carbocycles. The van der Waals surface area contributed by atoms with Crippen LogP contribution in [0.4, 0.5) is 11.5 Å². The van der Waals surface area contributed by atoms with Crippen molar-refractivity contribution in [3.63, 3.8) is 0 Å². The molecule has 134 valence electrons. The summed E-state index contributed by atoms with van der Waals surface area (Å²) in [7, 11) is 1.79. The van der Waals surface area contributed by atoms with Crippen molar-refractivity contribution in [2.45, 2.75) is 0 Å². The van der Waals surface area contributed by atoms with E-state index in [2.05, 4.69) is 25.6 Å². The highest BCUT2D eigenvalue weighted by Crippen LogP contribution is 2.29. The first kappa shape index (κ1) is 15.7. The van der Waals surface area contributed by atoms with Crippen molar-refractivity contribution in [3.05, 3.63) is 48.8 Å². The van der Waals surface area contributed by atoms with Gasteiger partial charge in [-0.1, -0.05) is 41.6 Å². The van der Waals surface area contributed by atoms with Gasteiger partial charge in [0, 0.05) is 31.2 Å². The summed E-state index contributed by atoms with van der Waals surface area (Å²) in [6.45, 7) is 1.19. The molecule has 2 aromatic heterocycles. The number of aryl methyl sites for hydroxylation is 1. The van der Waals surface area contributed by atoms with E-state index in [1.807, 2.05) is 47.4 Å². The quantitative estimate of drug-likeness (QED) is 0.602. The summed E-state index contributed by atoms with van der Waals surface area (Å²) < 4.78 is 1.62. The number of benzene rings is 2. The van der Waals surface area contributed by atoms with Crippen LogP contribution in [0.15, 0.2) is 48.8 Å². The number of anilines is 2. The lowest BCUT2D eigenvalue weighted by Gasteiger charge is -2.38. The third-order valence-corrected chi connectivity index (χ3v) is 4.97. The monoisotopic (exact) mass is 359 g/mol. The van der Waals surface area contributed by atoms with E-state index in [0.717, 1.165) is 22.3 Å². The van der Waals surface area contributed by atoms with Crippen LogP contribution in [0.5, 0.6) is 0 Å². The van der Waals surface area contributed by atoms with Crippen molar-refractivity contribution in [1.82, 2.24) is 25.0 Å². The van der Waals surface area contributed by atoms with Crippen LogP contribution in [0, 0.1) is 5.92 Å². The van der Waals surface area contributed by atoms with Crippen LogP contribution in [-0.2, 0) is 11.8 Å². The average Bonchev–Trinajstić information content (AvgIpc) is 3.03. The molecule has 0 saturated carbocycles. The number of carbonyl (C=O) groups excluding carboxylic acids is 1. The zero-order valence-corrected chi connectivity index (χ0v) is 14.7. The summed E-state index contributed by atoms with van der Waals surface area (Å²) in [6.07, 6.45) is 1.50. The van der Waals surface area contributed by atoms with E-state index in [1.54, 1.807) is 11.7 Å². The van der Waals surface area contributed by atoms with Gasteiger partial charge in [-0.05, 0) is 11.5 Å². The van der Waals surface area contributed by atoms with Crippen LogP contribution in [0.3, 0.4) is 0 Å². The van der Waals surface area contributed by atoms with E-state index in [1.165, 1.54) is 6.33 Å². The van der Waals surface area contributed by atoms with Crippen LogP contribution in [0.25, 0.3) is 21.9 Å². The van der Waals surface area contributed by atoms with Gasteiger partial charge in [0.2, 0.25) is 5.91 Å². The second-order valence-electron chi connectivity index (χ2n) is 6.70. The molecule has 1 amide bonds. The van der Waals surface area contributed by atoms with Crippen molar-refractivity contribution in [1.29, 1.82) is 0 Å².